The minimum atomic E-state index is -1.27. The second-order valence-electron chi connectivity index (χ2n) is 6.82. The van der Waals surface area contributed by atoms with Gasteiger partial charge in [-0.1, -0.05) is 45.7 Å². The van der Waals surface area contributed by atoms with Crippen LogP contribution in [-0.2, 0) is 6.54 Å². The minimum Gasteiger partial charge on any atom is -0.490 e. The van der Waals surface area contributed by atoms with Crippen LogP contribution in [0.15, 0.2) is 23.1 Å². The molecule has 2 aromatic heterocycles. The number of aromatic carboxylic acids is 1. The molecule has 152 valence electrons. The summed E-state index contributed by atoms with van der Waals surface area (Å²) in [6, 6.07) is 2.90. The highest BCUT2D eigenvalue weighted by Crippen LogP contribution is 2.37. The van der Waals surface area contributed by atoms with Gasteiger partial charge in [-0.2, -0.15) is 0 Å². The van der Waals surface area contributed by atoms with Gasteiger partial charge in [0.1, 0.15) is 17.9 Å². The highest BCUT2D eigenvalue weighted by atomic mass is 35.5. The van der Waals surface area contributed by atoms with Gasteiger partial charge in [0.05, 0.1) is 18.8 Å². The fourth-order valence-electron chi connectivity index (χ4n) is 2.48. The summed E-state index contributed by atoms with van der Waals surface area (Å²) < 4.78 is 13.0. The van der Waals surface area contributed by atoms with Gasteiger partial charge in [-0.3, -0.25) is 4.79 Å². The Kier molecular flexibility index (Phi) is 7.45. The summed E-state index contributed by atoms with van der Waals surface area (Å²) in [7, 11) is 0. The smallest absolute Gasteiger partial charge is 0.341 e. The number of fused-ring (bicyclic) bond motifs is 3. The zero-order valence-electron chi connectivity index (χ0n) is 16.5. The number of pyridine rings is 2. The molecule has 3 heterocycles. The molecular formula is C20H25ClN2O5. The van der Waals surface area contributed by atoms with Gasteiger partial charge in [-0.25, -0.2) is 9.78 Å². The number of ether oxygens (including phenoxy) is 2. The predicted molar refractivity (Wildman–Crippen MR) is 108 cm³/mol. The minimum absolute atomic E-state index is 0.159. The molecule has 0 unspecified atom stereocenters. The number of carbonyl (C=O) groups is 1. The van der Waals surface area contributed by atoms with Crippen molar-refractivity contribution in [3.05, 3.63) is 39.3 Å². The zero-order chi connectivity index (χ0) is 20.8. The molecule has 0 aliphatic carbocycles. The van der Waals surface area contributed by atoms with Crippen molar-refractivity contribution in [1.82, 2.24) is 9.55 Å². The second-order valence-corrected chi connectivity index (χ2v) is 7.18. The van der Waals surface area contributed by atoms with E-state index in [2.05, 4.69) is 18.8 Å². The van der Waals surface area contributed by atoms with Crippen LogP contribution in [0, 0.1) is 5.92 Å². The third-order valence-electron chi connectivity index (χ3n) is 3.67. The topological polar surface area (TPSA) is 90.6 Å². The second kappa shape index (κ2) is 9.59. The molecule has 0 saturated heterocycles. The van der Waals surface area contributed by atoms with Crippen molar-refractivity contribution in [1.29, 1.82) is 0 Å². The maximum Gasteiger partial charge on any atom is 0.341 e. The zero-order valence-corrected chi connectivity index (χ0v) is 17.2. The molecule has 8 heteroatoms. The maximum atomic E-state index is 12.1. The van der Waals surface area contributed by atoms with Crippen LogP contribution in [0.2, 0.25) is 5.15 Å². The molecule has 0 aromatic carbocycles. The van der Waals surface area contributed by atoms with Crippen LogP contribution in [0.3, 0.4) is 0 Å². The highest BCUT2D eigenvalue weighted by molar-refractivity contribution is 6.31. The number of halogens is 1. The van der Waals surface area contributed by atoms with Gasteiger partial charge in [-0.05, 0) is 5.92 Å². The number of aromatic nitrogens is 2. The number of rotatable bonds is 4. The van der Waals surface area contributed by atoms with Crippen molar-refractivity contribution in [2.45, 2.75) is 40.7 Å². The number of nitrogens with zero attached hydrogens (tertiary/aromatic N) is 2. The van der Waals surface area contributed by atoms with E-state index in [1.165, 1.54) is 18.7 Å². The van der Waals surface area contributed by atoms with E-state index in [1.54, 1.807) is 10.6 Å². The maximum absolute atomic E-state index is 12.1. The lowest BCUT2D eigenvalue weighted by molar-refractivity contribution is 0.0694. The van der Waals surface area contributed by atoms with Crippen molar-refractivity contribution in [3.8, 4) is 22.9 Å². The summed E-state index contributed by atoms with van der Waals surface area (Å²) >= 11 is 6.21. The van der Waals surface area contributed by atoms with Crippen molar-refractivity contribution in [2.24, 2.45) is 5.92 Å². The fraction of sp³-hybridized carbons (Fsp3) is 0.450. The Labute approximate surface area is 168 Å². The first-order valence-electron chi connectivity index (χ1n) is 9.22. The number of carboxylic acid groups (broad SMARTS) is 1. The molecule has 0 spiro atoms. The van der Waals surface area contributed by atoms with Crippen molar-refractivity contribution in [3.63, 3.8) is 0 Å². The standard InChI is InChI=1S/C17H17ClN2O5.C3H8/c1-9(2)8-25-14-6-13-15(19-16(14)18)11-5-12(21)10(17(22)23)7-20(11)3-4-24-13;1-3-2/h5-7,9H,3-4,8H2,1-2H3,(H,22,23);3H2,1-2H3. The molecule has 1 aliphatic rings. The Balaban J connectivity index is 0.000000878. The van der Waals surface area contributed by atoms with E-state index in [0.29, 0.717) is 48.6 Å². The number of hydrogen-bond donors (Lipinski definition) is 1. The fourth-order valence-corrected chi connectivity index (χ4v) is 2.68. The van der Waals surface area contributed by atoms with Gasteiger partial charge >= 0.3 is 5.97 Å². The summed E-state index contributed by atoms with van der Waals surface area (Å²) in [6.07, 6.45) is 2.55. The number of carboxylic acids is 1. The van der Waals surface area contributed by atoms with Gasteiger partial charge in [0, 0.05) is 18.3 Å². The van der Waals surface area contributed by atoms with Gasteiger partial charge < -0.3 is 19.1 Å². The van der Waals surface area contributed by atoms with E-state index < -0.39 is 11.4 Å². The number of hydrogen-bond acceptors (Lipinski definition) is 5. The normalized spacial score (nSPS) is 12.1. The molecule has 1 aliphatic heterocycles. The molecule has 2 aromatic rings. The molecule has 0 atom stereocenters. The van der Waals surface area contributed by atoms with E-state index in [-0.39, 0.29) is 10.7 Å². The lowest BCUT2D eigenvalue weighted by atomic mass is 10.1. The highest BCUT2D eigenvalue weighted by Gasteiger charge is 2.22. The van der Waals surface area contributed by atoms with Gasteiger partial charge in [0.15, 0.2) is 22.1 Å². The van der Waals surface area contributed by atoms with Gasteiger partial charge in [0.25, 0.3) is 0 Å². The molecule has 0 saturated carbocycles. The summed E-state index contributed by atoms with van der Waals surface area (Å²) in [5.74, 6) is -0.0948. The van der Waals surface area contributed by atoms with Crippen LogP contribution in [0.4, 0.5) is 0 Å². The van der Waals surface area contributed by atoms with Crippen molar-refractivity contribution < 1.29 is 19.4 Å². The van der Waals surface area contributed by atoms with Crippen LogP contribution < -0.4 is 14.9 Å². The Morgan fingerprint density at radius 2 is 2.07 bits per heavy atom. The summed E-state index contributed by atoms with van der Waals surface area (Å²) in [6.45, 7) is 9.45. The Hall–Kier alpha value is -2.54. The van der Waals surface area contributed by atoms with Crippen molar-refractivity contribution >= 4 is 17.6 Å². The van der Waals surface area contributed by atoms with Crippen molar-refractivity contribution in [2.75, 3.05) is 13.2 Å². The van der Waals surface area contributed by atoms with E-state index in [1.807, 2.05) is 13.8 Å². The molecule has 3 rings (SSSR count). The van der Waals surface area contributed by atoms with Crippen LogP contribution in [-0.4, -0.2) is 33.8 Å². The summed E-state index contributed by atoms with van der Waals surface area (Å²) in [5.41, 5.74) is -0.0481. The molecule has 0 amide bonds. The third kappa shape index (κ3) is 5.04. The lowest BCUT2D eigenvalue weighted by Crippen LogP contribution is -2.19. The third-order valence-corrected chi connectivity index (χ3v) is 3.94. The first kappa shape index (κ1) is 21.8. The molecule has 0 radical (unpaired) electrons. The Morgan fingerprint density at radius 3 is 2.68 bits per heavy atom. The van der Waals surface area contributed by atoms with Crippen LogP contribution in [0.1, 0.15) is 44.5 Å². The molecule has 0 fully saturated rings. The van der Waals surface area contributed by atoms with E-state index in [9.17, 15) is 9.59 Å². The molecule has 7 nitrogen and oxygen atoms in total. The van der Waals surface area contributed by atoms with E-state index >= 15 is 0 Å². The lowest BCUT2D eigenvalue weighted by Gasteiger charge is -2.14. The average Bonchev–Trinajstić information content (AvgIpc) is 2.78. The first-order chi connectivity index (χ1) is 13.3. The molecule has 0 bridgehead atoms. The van der Waals surface area contributed by atoms with E-state index in [4.69, 9.17) is 26.2 Å². The Morgan fingerprint density at radius 1 is 1.39 bits per heavy atom. The van der Waals surface area contributed by atoms with Crippen LogP contribution >= 0.6 is 11.6 Å². The Bertz CT molecular complexity index is 908. The molecular weight excluding hydrogens is 384 g/mol. The summed E-state index contributed by atoms with van der Waals surface area (Å²) in [4.78, 5) is 27.5. The monoisotopic (exact) mass is 408 g/mol. The molecule has 28 heavy (non-hydrogen) atoms. The quantitative estimate of drug-likeness (QED) is 0.765. The largest absolute Gasteiger partial charge is 0.490 e. The van der Waals surface area contributed by atoms with Gasteiger partial charge in [0.2, 0.25) is 0 Å². The first-order valence-corrected chi connectivity index (χ1v) is 9.60. The van der Waals surface area contributed by atoms with Gasteiger partial charge in [-0.15, -0.1) is 0 Å². The SMILES string of the molecule is CC(C)COc1cc2c(nc1Cl)-c1cc(=O)c(C(=O)O)cn1CCO2.CCC. The van der Waals surface area contributed by atoms with Crippen LogP contribution in [0.5, 0.6) is 11.5 Å². The van der Waals surface area contributed by atoms with E-state index in [0.717, 1.165) is 0 Å². The molecule has 1 N–H and O–H groups in total. The summed E-state index contributed by atoms with van der Waals surface area (Å²) in [5, 5.41) is 9.28. The predicted octanol–water partition coefficient (Wildman–Crippen LogP) is 4.11. The van der Waals surface area contributed by atoms with Crippen LogP contribution in [0.25, 0.3) is 11.4 Å². The average molecular weight is 409 g/mol.